The first-order chi connectivity index (χ1) is 10.4. The van der Waals surface area contributed by atoms with Crippen molar-refractivity contribution < 1.29 is 4.43 Å². The highest BCUT2D eigenvalue weighted by atomic mass is 28.4. The van der Waals surface area contributed by atoms with Crippen LogP contribution in [0, 0.1) is 0 Å². The van der Waals surface area contributed by atoms with E-state index in [2.05, 4.69) is 78.7 Å². The Morgan fingerprint density at radius 1 is 0.957 bits per heavy atom. The SMILES string of the molecule is CCCCCC/C=C(/C=C/CO[Si](C)(C)C(C)(C)C)[Si](C)(C)C. The molecule has 0 fully saturated rings. The highest BCUT2D eigenvalue weighted by Gasteiger charge is 2.36. The molecule has 0 heterocycles. The zero-order valence-corrected chi connectivity index (χ0v) is 19.4. The number of hydrogen-bond acceptors (Lipinski definition) is 1. The maximum Gasteiger partial charge on any atom is 0.192 e. The molecule has 0 amide bonds. The Balaban J connectivity index is 4.59. The molecule has 0 aromatic heterocycles. The molecule has 136 valence electrons. The Morgan fingerprint density at radius 2 is 1.57 bits per heavy atom. The fourth-order valence-corrected chi connectivity index (χ4v) is 4.42. The molecular formula is C20H42OSi2. The number of unbranched alkanes of at least 4 members (excludes halogenated alkanes) is 4. The quantitative estimate of drug-likeness (QED) is 0.226. The number of rotatable bonds is 10. The normalized spacial score (nSPS) is 14.7. The van der Waals surface area contributed by atoms with E-state index in [9.17, 15) is 0 Å². The standard InChI is InChI=1S/C20H42OSi2/c1-10-11-12-13-14-16-19(22(5,6)7)17-15-18-21-23(8,9)20(2,3)4/h15-17H,10-14,18H2,1-9H3/b17-15+,19-16-. The molecule has 23 heavy (non-hydrogen) atoms. The molecule has 3 heteroatoms. The van der Waals surface area contributed by atoms with Gasteiger partial charge < -0.3 is 4.43 Å². The summed E-state index contributed by atoms with van der Waals surface area (Å²) in [4.78, 5) is 0. The maximum absolute atomic E-state index is 6.25. The largest absolute Gasteiger partial charge is 0.413 e. The van der Waals surface area contributed by atoms with Crippen molar-refractivity contribution >= 4 is 16.4 Å². The summed E-state index contributed by atoms with van der Waals surface area (Å²) in [6.07, 6.45) is 13.7. The summed E-state index contributed by atoms with van der Waals surface area (Å²) in [7, 11) is -2.88. The number of allylic oxidation sites excluding steroid dienone is 3. The first-order valence-corrected chi connectivity index (χ1v) is 15.8. The van der Waals surface area contributed by atoms with Gasteiger partial charge in [0.15, 0.2) is 8.32 Å². The summed E-state index contributed by atoms with van der Waals surface area (Å²) in [5, 5.41) is 1.87. The van der Waals surface area contributed by atoms with Crippen LogP contribution in [0.2, 0.25) is 37.8 Å². The molecule has 0 aliphatic carbocycles. The second-order valence-corrected chi connectivity index (χ2v) is 19.1. The molecule has 0 aliphatic rings. The monoisotopic (exact) mass is 354 g/mol. The molecule has 0 saturated carbocycles. The van der Waals surface area contributed by atoms with Crippen LogP contribution in [-0.2, 0) is 4.43 Å². The second-order valence-electron chi connectivity index (χ2n) is 9.23. The minimum atomic E-state index is -1.62. The lowest BCUT2D eigenvalue weighted by Crippen LogP contribution is -2.40. The van der Waals surface area contributed by atoms with Crippen LogP contribution in [0.15, 0.2) is 23.4 Å². The van der Waals surface area contributed by atoms with Crippen molar-refractivity contribution in [3.05, 3.63) is 23.4 Å². The van der Waals surface area contributed by atoms with Crippen LogP contribution in [-0.4, -0.2) is 23.0 Å². The molecule has 0 aliphatic heterocycles. The lowest BCUT2D eigenvalue weighted by atomic mass is 10.1. The van der Waals surface area contributed by atoms with Crippen molar-refractivity contribution in [1.82, 2.24) is 0 Å². The van der Waals surface area contributed by atoms with E-state index in [0.29, 0.717) is 0 Å². The fraction of sp³-hybridized carbons (Fsp3) is 0.800. The van der Waals surface area contributed by atoms with Crippen LogP contribution in [0.1, 0.15) is 59.8 Å². The van der Waals surface area contributed by atoms with Gasteiger partial charge in [0.2, 0.25) is 0 Å². The summed E-state index contributed by atoms with van der Waals surface area (Å²) >= 11 is 0. The highest BCUT2D eigenvalue weighted by Crippen LogP contribution is 2.36. The first kappa shape index (κ1) is 22.9. The van der Waals surface area contributed by atoms with Crippen LogP contribution < -0.4 is 0 Å². The Labute approximate surface area is 148 Å². The summed E-state index contributed by atoms with van der Waals surface area (Å²) in [6.45, 7) is 21.9. The van der Waals surface area contributed by atoms with Gasteiger partial charge in [-0.1, -0.05) is 90.0 Å². The first-order valence-electron chi connectivity index (χ1n) is 9.43. The predicted octanol–water partition coefficient (Wildman–Crippen LogP) is 7.34. The van der Waals surface area contributed by atoms with Crippen molar-refractivity contribution in [2.45, 2.75) is 97.6 Å². The van der Waals surface area contributed by atoms with E-state index >= 15 is 0 Å². The summed E-state index contributed by atoms with van der Waals surface area (Å²) in [5.74, 6) is 0. The van der Waals surface area contributed by atoms with Gasteiger partial charge in [0.05, 0.1) is 14.7 Å². The van der Waals surface area contributed by atoms with Crippen molar-refractivity contribution in [2.75, 3.05) is 6.61 Å². The molecule has 0 rings (SSSR count). The van der Waals surface area contributed by atoms with Gasteiger partial charge >= 0.3 is 0 Å². The van der Waals surface area contributed by atoms with Gasteiger partial charge in [0.25, 0.3) is 0 Å². The van der Waals surface area contributed by atoms with E-state index in [1.54, 1.807) is 5.20 Å². The molecule has 0 radical (unpaired) electrons. The summed E-state index contributed by atoms with van der Waals surface area (Å²) < 4.78 is 6.25. The van der Waals surface area contributed by atoms with Crippen LogP contribution in [0.5, 0.6) is 0 Å². The molecular weight excluding hydrogens is 312 g/mol. The third-order valence-electron chi connectivity index (χ3n) is 4.93. The van der Waals surface area contributed by atoms with E-state index in [-0.39, 0.29) is 5.04 Å². The van der Waals surface area contributed by atoms with Crippen molar-refractivity contribution in [3.8, 4) is 0 Å². The lowest BCUT2D eigenvalue weighted by molar-refractivity contribution is 0.328. The third kappa shape index (κ3) is 9.68. The zero-order chi connectivity index (χ0) is 18.1. The van der Waals surface area contributed by atoms with Gasteiger partial charge in [-0.2, -0.15) is 0 Å². The summed E-state index contributed by atoms with van der Waals surface area (Å²) in [6, 6.07) is 0. The van der Waals surface area contributed by atoms with Gasteiger partial charge in [-0.05, 0) is 31.0 Å². The zero-order valence-electron chi connectivity index (χ0n) is 17.4. The second kappa shape index (κ2) is 10.00. The third-order valence-corrected chi connectivity index (χ3v) is 11.5. The van der Waals surface area contributed by atoms with Crippen molar-refractivity contribution in [2.24, 2.45) is 0 Å². The molecule has 1 nitrogen and oxygen atoms in total. The molecule has 0 unspecified atom stereocenters. The van der Waals surface area contributed by atoms with E-state index in [4.69, 9.17) is 4.43 Å². The van der Waals surface area contributed by atoms with Crippen LogP contribution in [0.4, 0.5) is 0 Å². The Morgan fingerprint density at radius 3 is 2.04 bits per heavy atom. The smallest absolute Gasteiger partial charge is 0.192 e. The van der Waals surface area contributed by atoms with E-state index in [1.165, 1.54) is 32.1 Å². The lowest BCUT2D eigenvalue weighted by Gasteiger charge is -2.35. The molecule has 0 N–H and O–H groups in total. The van der Waals surface area contributed by atoms with Crippen LogP contribution in [0.25, 0.3) is 0 Å². The topological polar surface area (TPSA) is 9.23 Å². The van der Waals surface area contributed by atoms with E-state index < -0.39 is 16.4 Å². The average molecular weight is 355 g/mol. The minimum absolute atomic E-state index is 0.289. The van der Waals surface area contributed by atoms with Crippen LogP contribution >= 0.6 is 0 Å². The average Bonchev–Trinajstić information content (AvgIpc) is 2.38. The van der Waals surface area contributed by atoms with Gasteiger partial charge in [-0.3, -0.25) is 0 Å². The molecule has 0 atom stereocenters. The van der Waals surface area contributed by atoms with Gasteiger partial charge in [-0.15, -0.1) is 0 Å². The molecule has 0 saturated heterocycles. The molecule has 0 aromatic rings. The minimum Gasteiger partial charge on any atom is -0.413 e. The molecule has 0 aromatic carbocycles. The van der Waals surface area contributed by atoms with E-state index in [0.717, 1.165) is 6.61 Å². The van der Waals surface area contributed by atoms with Gasteiger partial charge in [0, 0.05) is 0 Å². The summed E-state index contributed by atoms with van der Waals surface area (Å²) in [5.41, 5.74) is 0. The number of hydrogen-bond donors (Lipinski definition) is 0. The predicted molar refractivity (Wildman–Crippen MR) is 112 cm³/mol. The Hall–Kier alpha value is -0.126. The van der Waals surface area contributed by atoms with Crippen LogP contribution in [0.3, 0.4) is 0 Å². The Kier molecular flexibility index (Phi) is 9.94. The maximum atomic E-state index is 6.25. The van der Waals surface area contributed by atoms with Crippen molar-refractivity contribution in [1.29, 1.82) is 0 Å². The fourth-order valence-electron chi connectivity index (χ4n) is 2.10. The Bertz CT molecular complexity index is 381. The van der Waals surface area contributed by atoms with E-state index in [1.807, 2.05) is 0 Å². The molecule has 0 bridgehead atoms. The van der Waals surface area contributed by atoms with Crippen molar-refractivity contribution in [3.63, 3.8) is 0 Å². The highest BCUT2D eigenvalue weighted by molar-refractivity contribution is 6.83. The van der Waals surface area contributed by atoms with Gasteiger partial charge in [-0.25, -0.2) is 0 Å². The molecule has 0 spiro atoms. The van der Waals surface area contributed by atoms with Gasteiger partial charge in [0.1, 0.15) is 0 Å².